The maximum atomic E-state index is 12.0. The van der Waals surface area contributed by atoms with E-state index in [1.54, 1.807) is 0 Å². The molecule has 25 heavy (non-hydrogen) atoms. The Morgan fingerprint density at radius 1 is 1.36 bits per heavy atom. The van der Waals surface area contributed by atoms with E-state index in [1.165, 1.54) is 0 Å². The molecule has 1 atom stereocenters. The Labute approximate surface area is 147 Å². The van der Waals surface area contributed by atoms with Crippen molar-refractivity contribution in [2.24, 2.45) is 0 Å². The van der Waals surface area contributed by atoms with Gasteiger partial charge >= 0.3 is 6.03 Å². The van der Waals surface area contributed by atoms with Crippen molar-refractivity contribution < 1.29 is 14.3 Å². The second kappa shape index (κ2) is 8.02. The predicted molar refractivity (Wildman–Crippen MR) is 94.8 cm³/mol. The summed E-state index contributed by atoms with van der Waals surface area (Å²) in [4.78, 5) is 12.0. The van der Waals surface area contributed by atoms with Gasteiger partial charge in [0.2, 0.25) is 0 Å². The lowest BCUT2D eigenvalue weighted by molar-refractivity contribution is 0.0679. The zero-order valence-electron chi connectivity index (χ0n) is 14.6. The Kier molecular flexibility index (Phi) is 5.55. The molecule has 0 spiro atoms. The Morgan fingerprint density at radius 2 is 2.16 bits per heavy atom. The van der Waals surface area contributed by atoms with Gasteiger partial charge in [-0.25, -0.2) is 4.79 Å². The topological polar surface area (TPSA) is 88.3 Å². The van der Waals surface area contributed by atoms with E-state index in [4.69, 9.17) is 9.47 Å². The number of H-pyrrole nitrogens is 1. The number of hydrogen-bond donors (Lipinski definition) is 3. The lowest BCUT2D eigenvalue weighted by Crippen LogP contribution is -2.28. The molecule has 2 amide bonds. The molecule has 1 aliphatic heterocycles. The van der Waals surface area contributed by atoms with E-state index in [2.05, 4.69) is 20.8 Å². The Bertz CT molecular complexity index is 686. The van der Waals surface area contributed by atoms with E-state index < -0.39 is 0 Å². The van der Waals surface area contributed by atoms with Gasteiger partial charge in [0.1, 0.15) is 12.4 Å². The lowest BCUT2D eigenvalue weighted by atomic mass is 10.2. The number of aryl methyl sites for hydroxylation is 2. The third-order valence-electron chi connectivity index (χ3n) is 4.20. The lowest BCUT2D eigenvalue weighted by Gasteiger charge is -2.12. The SMILES string of the molecule is Cc1n[nH]c(C)c1NC(=O)NCc1ccc(OC[C@H]2CCCO2)cc1. The highest BCUT2D eigenvalue weighted by Gasteiger charge is 2.16. The first-order chi connectivity index (χ1) is 12.1. The number of carbonyl (C=O) groups is 1. The monoisotopic (exact) mass is 344 g/mol. The number of anilines is 1. The largest absolute Gasteiger partial charge is 0.491 e. The molecule has 134 valence electrons. The molecule has 0 saturated carbocycles. The quantitative estimate of drug-likeness (QED) is 0.752. The molecule has 7 heteroatoms. The molecule has 7 nitrogen and oxygen atoms in total. The summed E-state index contributed by atoms with van der Waals surface area (Å²) in [7, 11) is 0. The highest BCUT2D eigenvalue weighted by Crippen LogP contribution is 2.17. The first-order valence-corrected chi connectivity index (χ1v) is 8.51. The number of urea groups is 1. The molecule has 2 aromatic rings. The van der Waals surface area contributed by atoms with Gasteiger partial charge in [-0.3, -0.25) is 5.10 Å². The second-order valence-corrected chi connectivity index (χ2v) is 6.21. The van der Waals surface area contributed by atoms with E-state index >= 15 is 0 Å². The number of nitrogens with zero attached hydrogens (tertiary/aromatic N) is 1. The summed E-state index contributed by atoms with van der Waals surface area (Å²) in [5.74, 6) is 0.813. The summed E-state index contributed by atoms with van der Waals surface area (Å²) in [5, 5.41) is 12.5. The van der Waals surface area contributed by atoms with Crippen LogP contribution in [0.4, 0.5) is 10.5 Å². The highest BCUT2D eigenvalue weighted by atomic mass is 16.5. The van der Waals surface area contributed by atoms with Gasteiger partial charge in [-0.2, -0.15) is 5.10 Å². The minimum atomic E-state index is -0.258. The molecule has 0 bridgehead atoms. The van der Waals surface area contributed by atoms with Crippen LogP contribution in [0.15, 0.2) is 24.3 Å². The summed E-state index contributed by atoms with van der Waals surface area (Å²) < 4.78 is 11.3. The number of hydrogen-bond acceptors (Lipinski definition) is 4. The number of aromatic nitrogens is 2. The van der Waals surface area contributed by atoms with Crippen molar-refractivity contribution in [3.63, 3.8) is 0 Å². The van der Waals surface area contributed by atoms with Crippen LogP contribution in [0.1, 0.15) is 29.8 Å². The van der Waals surface area contributed by atoms with Crippen molar-refractivity contribution in [2.45, 2.75) is 39.3 Å². The third-order valence-corrected chi connectivity index (χ3v) is 4.20. The zero-order chi connectivity index (χ0) is 17.6. The van der Waals surface area contributed by atoms with Gasteiger partial charge in [-0.05, 0) is 44.4 Å². The number of carbonyl (C=O) groups excluding carboxylic acids is 1. The fraction of sp³-hybridized carbons (Fsp3) is 0.444. The van der Waals surface area contributed by atoms with Crippen LogP contribution in [-0.2, 0) is 11.3 Å². The van der Waals surface area contributed by atoms with E-state index in [-0.39, 0.29) is 12.1 Å². The highest BCUT2D eigenvalue weighted by molar-refractivity contribution is 5.90. The number of amides is 2. The Morgan fingerprint density at radius 3 is 2.80 bits per heavy atom. The van der Waals surface area contributed by atoms with E-state index in [1.807, 2.05) is 38.1 Å². The van der Waals surface area contributed by atoms with Crippen molar-refractivity contribution in [3.05, 3.63) is 41.2 Å². The molecule has 1 aliphatic rings. The molecule has 1 aromatic carbocycles. The van der Waals surface area contributed by atoms with Crippen LogP contribution in [0, 0.1) is 13.8 Å². The number of benzene rings is 1. The zero-order valence-corrected chi connectivity index (χ0v) is 14.6. The normalized spacial score (nSPS) is 16.6. The van der Waals surface area contributed by atoms with E-state index in [0.717, 1.165) is 47.8 Å². The predicted octanol–water partition coefficient (Wildman–Crippen LogP) is 2.91. The molecule has 0 unspecified atom stereocenters. The van der Waals surface area contributed by atoms with Gasteiger partial charge in [0, 0.05) is 13.2 Å². The van der Waals surface area contributed by atoms with Gasteiger partial charge in [-0.15, -0.1) is 0 Å². The van der Waals surface area contributed by atoms with Gasteiger partial charge in [-0.1, -0.05) is 12.1 Å². The molecule has 1 saturated heterocycles. The molecular formula is C18H24N4O3. The van der Waals surface area contributed by atoms with Gasteiger partial charge in [0.05, 0.1) is 23.2 Å². The molecule has 3 N–H and O–H groups in total. The first kappa shape index (κ1) is 17.3. The summed E-state index contributed by atoms with van der Waals surface area (Å²) in [6.45, 7) is 5.56. The van der Waals surface area contributed by atoms with Crippen molar-refractivity contribution in [2.75, 3.05) is 18.5 Å². The summed E-state index contributed by atoms with van der Waals surface area (Å²) in [6, 6.07) is 7.45. The van der Waals surface area contributed by atoms with Gasteiger partial charge < -0.3 is 20.1 Å². The van der Waals surface area contributed by atoms with Crippen LogP contribution in [0.3, 0.4) is 0 Å². The summed E-state index contributed by atoms with van der Waals surface area (Å²) >= 11 is 0. The number of aromatic amines is 1. The summed E-state index contributed by atoms with van der Waals surface area (Å²) in [5.41, 5.74) is 3.32. The fourth-order valence-corrected chi connectivity index (χ4v) is 2.74. The van der Waals surface area contributed by atoms with Crippen LogP contribution >= 0.6 is 0 Å². The second-order valence-electron chi connectivity index (χ2n) is 6.21. The van der Waals surface area contributed by atoms with Crippen LogP contribution in [-0.4, -0.2) is 35.5 Å². The standard InChI is InChI=1S/C18H24N4O3/c1-12-17(13(2)22-21-12)20-18(23)19-10-14-5-7-15(8-6-14)25-11-16-4-3-9-24-16/h5-8,16H,3-4,9-11H2,1-2H3,(H,21,22)(H2,19,20,23)/t16-/m1/s1. The van der Waals surface area contributed by atoms with E-state index in [0.29, 0.717) is 13.2 Å². The first-order valence-electron chi connectivity index (χ1n) is 8.51. The Balaban J connectivity index is 1.44. The molecule has 0 aliphatic carbocycles. The van der Waals surface area contributed by atoms with Crippen molar-refractivity contribution in [1.29, 1.82) is 0 Å². The maximum absolute atomic E-state index is 12.0. The smallest absolute Gasteiger partial charge is 0.319 e. The number of ether oxygens (including phenoxy) is 2. The Hall–Kier alpha value is -2.54. The van der Waals surface area contributed by atoms with Crippen molar-refractivity contribution >= 4 is 11.7 Å². The molecule has 1 aromatic heterocycles. The molecular weight excluding hydrogens is 320 g/mol. The molecule has 3 rings (SSSR count). The van der Waals surface area contributed by atoms with Crippen LogP contribution in [0.2, 0.25) is 0 Å². The van der Waals surface area contributed by atoms with Gasteiger partial charge in [0.15, 0.2) is 0 Å². The van der Waals surface area contributed by atoms with Crippen LogP contribution in [0.25, 0.3) is 0 Å². The third kappa shape index (κ3) is 4.73. The van der Waals surface area contributed by atoms with Crippen LogP contribution in [0.5, 0.6) is 5.75 Å². The number of nitrogens with one attached hydrogen (secondary N) is 3. The van der Waals surface area contributed by atoms with Crippen molar-refractivity contribution in [3.8, 4) is 5.75 Å². The van der Waals surface area contributed by atoms with Crippen LogP contribution < -0.4 is 15.4 Å². The van der Waals surface area contributed by atoms with E-state index in [9.17, 15) is 4.79 Å². The fourth-order valence-electron chi connectivity index (χ4n) is 2.74. The maximum Gasteiger partial charge on any atom is 0.319 e. The average Bonchev–Trinajstić information content (AvgIpc) is 3.24. The number of rotatable bonds is 6. The minimum Gasteiger partial charge on any atom is -0.491 e. The van der Waals surface area contributed by atoms with Gasteiger partial charge in [0.25, 0.3) is 0 Å². The molecule has 1 fully saturated rings. The molecule has 0 radical (unpaired) electrons. The summed E-state index contributed by atoms with van der Waals surface area (Å²) in [6.07, 6.45) is 2.38. The van der Waals surface area contributed by atoms with Crippen molar-refractivity contribution in [1.82, 2.24) is 15.5 Å². The average molecular weight is 344 g/mol. The minimum absolute atomic E-state index is 0.208. The molecule has 2 heterocycles.